The second-order valence-electron chi connectivity index (χ2n) is 18.6. The molecule has 0 amide bonds. The quantitative estimate of drug-likeness (QED) is 0.147. The van der Waals surface area contributed by atoms with Crippen LogP contribution in [0.3, 0.4) is 0 Å². The summed E-state index contributed by atoms with van der Waals surface area (Å²) < 4.78 is 0. The Bertz CT molecular complexity index is 3910. The molecule has 0 bridgehead atoms. The summed E-state index contributed by atoms with van der Waals surface area (Å²) in [5.74, 6) is 0. The van der Waals surface area contributed by atoms with E-state index in [1.807, 2.05) is 0 Å². The van der Waals surface area contributed by atoms with Crippen LogP contribution in [0.25, 0.3) is 88.3 Å². The van der Waals surface area contributed by atoms with Crippen molar-refractivity contribution < 1.29 is 0 Å². The minimum atomic E-state index is -0.562. The van der Waals surface area contributed by atoms with Gasteiger partial charge in [0.25, 0.3) is 0 Å². The smallest absolute Gasteiger partial charge is 0.0714 e. The third kappa shape index (κ3) is 5.85. The summed E-state index contributed by atoms with van der Waals surface area (Å²) in [6.45, 7) is 0. The largest absolute Gasteiger partial charge is 0.309 e. The van der Waals surface area contributed by atoms with E-state index in [1.165, 1.54) is 116 Å². The first kappa shape index (κ1) is 40.1. The molecule has 12 aromatic carbocycles. The maximum atomic E-state index is 2.62. The van der Waals surface area contributed by atoms with Crippen LogP contribution in [0.1, 0.15) is 22.3 Å². The SMILES string of the molecule is c1ccc(-c2ccc(N(c3cccc4c3-c3ccccc3C4(c3ccccc3)c3ccccc3)c3c4c(cc5ccccc35)-c3c-4c(-c4ccccc4)c4ccccc4c3-c3ccccc3)cc2)cc1. The molecule has 0 radical (unpaired) electrons. The molecule has 12 aromatic rings. The number of hydrogen-bond donors (Lipinski definition) is 0. The van der Waals surface area contributed by atoms with Crippen LogP contribution in [0.15, 0.2) is 273 Å². The van der Waals surface area contributed by atoms with E-state index in [0.29, 0.717) is 0 Å². The van der Waals surface area contributed by atoms with E-state index in [9.17, 15) is 0 Å². The molecule has 0 aromatic heterocycles. The summed E-state index contributed by atoms with van der Waals surface area (Å²) in [6.07, 6.45) is 0. The molecule has 0 saturated heterocycles. The monoisotopic (exact) mass is 887 g/mol. The molecule has 0 aliphatic heterocycles. The van der Waals surface area contributed by atoms with Crippen LogP contribution in [0.5, 0.6) is 0 Å². The van der Waals surface area contributed by atoms with Crippen LogP contribution in [0.4, 0.5) is 17.1 Å². The third-order valence-corrected chi connectivity index (χ3v) is 15.0. The standard InChI is InChI=1S/C69H45N/c1-6-23-46(24-7-1)47-41-43-53(44-42-47)70(61-40-22-39-60-64(61)57-37-20-21-38-59(57)69(60,51-30-12-4-13-31-51)52-32-14-5-15-33-52)68-54-34-17-16-29-50(54)45-58-65-62(48-25-8-2-9-26-48)55-35-18-19-36-56(55)63(67(65)66(58)68)49-27-10-3-11-28-49/h1-45H. The molecule has 0 N–H and O–H groups in total. The van der Waals surface area contributed by atoms with Gasteiger partial charge in [0, 0.05) is 27.8 Å². The summed E-state index contributed by atoms with van der Waals surface area (Å²) in [4.78, 5) is 2.62. The maximum absolute atomic E-state index is 2.62. The number of fused-ring (bicyclic) bond motifs is 9. The fourth-order valence-corrected chi connectivity index (χ4v) is 12.2. The van der Waals surface area contributed by atoms with Crippen LogP contribution < -0.4 is 4.90 Å². The molecule has 326 valence electrons. The number of hydrogen-bond acceptors (Lipinski definition) is 1. The van der Waals surface area contributed by atoms with Gasteiger partial charge in [-0.1, -0.05) is 249 Å². The van der Waals surface area contributed by atoms with E-state index in [-0.39, 0.29) is 0 Å². The Kier molecular flexibility index (Phi) is 9.19. The van der Waals surface area contributed by atoms with Crippen molar-refractivity contribution in [3.63, 3.8) is 0 Å². The first-order chi connectivity index (χ1) is 34.8. The van der Waals surface area contributed by atoms with E-state index < -0.39 is 5.41 Å². The molecule has 0 saturated carbocycles. The van der Waals surface area contributed by atoms with E-state index in [4.69, 9.17) is 0 Å². The number of nitrogens with zero attached hydrogens (tertiary/aromatic N) is 1. The van der Waals surface area contributed by atoms with Crippen molar-refractivity contribution in [2.75, 3.05) is 4.90 Å². The van der Waals surface area contributed by atoms with Gasteiger partial charge in [-0.2, -0.15) is 0 Å². The second-order valence-corrected chi connectivity index (χ2v) is 18.6. The molecule has 0 heterocycles. The average Bonchev–Trinajstić information content (AvgIpc) is 3.75. The first-order valence-electron chi connectivity index (χ1n) is 24.3. The number of anilines is 3. The van der Waals surface area contributed by atoms with Gasteiger partial charge < -0.3 is 4.90 Å². The average molecular weight is 888 g/mol. The van der Waals surface area contributed by atoms with Gasteiger partial charge in [-0.05, 0) is 113 Å². The minimum Gasteiger partial charge on any atom is -0.309 e. The van der Waals surface area contributed by atoms with Crippen LogP contribution in [0.2, 0.25) is 0 Å². The highest BCUT2D eigenvalue weighted by Crippen LogP contribution is 2.66. The van der Waals surface area contributed by atoms with Gasteiger partial charge in [0.15, 0.2) is 0 Å². The highest BCUT2D eigenvalue weighted by atomic mass is 15.2. The molecular formula is C69H45N. The summed E-state index contributed by atoms with van der Waals surface area (Å²) in [5, 5.41) is 4.92. The number of benzene rings is 12. The summed E-state index contributed by atoms with van der Waals surface area (Å²) >= 11 is 0. The topological polar surface area (TPSA) is 3.24 Å². The highest BCUT2D eigenvalue weighted by Gasteiger charge is 2.48. The summed E-state index contributed by atoms with van der Waals surface area (Å²) in [5.41, 5.74) is 22.9. The summed E-state index contributed by atoms with van der Waals surface area (Å²) in [7, 11) is 0. The molecule has 1 nitrogen and oxygen atoms in total. The van der Waals surface area contributed by atoms with Gasteiger partial charge in [0.2, 0.25) is 0 Å². The first-order valence-corrected chi connectivity index (χ1v) is 24.3. The molecule has 0 spiro atoms. The fourth-order valence-electron chi connectivity index (χ4n) is 12.2. The lowest BCUT2D eigenvalue weighted by Crippen LogP contribution is -2.28. The predicted molar refractivity (Wildman–Crippen MR) is 294 cm³/mol. The van der Waals surface area contributed by atoms with Crippen molar-refractivity contribution in [3.8, 4) is 66.8 Å². The number of rotatable bonds is 8. The highest BCUT2D eigenvalue weighted by molar-refractivity contribution is 6.30. The van der Waals surface area contributed by atoms with E-state index >= 15 is 0 Å². The molecular weight excluding hydrogens is 843 g/mol. The van der Waals surface area contributed by atoms with E-state index in [0.717, 1.165) is 11.4 Å². The van der Waals surface area contributed by atoms with Crippen LogP contribution in [-0.4, -0.2) is 0 Å². The van der Waals surface area contributed by atoms with Crippen molar-refractivity contribution in [1.82, 2.24) is 0 Å². The van der Waals surface area contributed by atoms with E-state index in [2.05, 4.69) is 278 Å². The fraction of sp³-hybridized carbons (Fsp3) is 0.0145. The van der Waals surface area contributed by atoms with Crippen molar-refractivity contribution in [1.29, 1.82) is 0 Å². The lowest BCUT2D eigenvalue weighted by atomic mass is 9.67. The van der Waals surface area contributed by atoms with Gasteiger partial charge in [-0.25, -0.2) is 0 Å². The van der Waals surface area contributed by atoms with Crippen LogP contribution in [-0.2, 0) is 5.41 Å². The Labute approximate surface area is 408 Å². The van der Waals surface area contributed by atoms with Crippen LogP contribution >= 0.6 is 0 Å². The van der Waals surface area contributed by atoms with Crippen LogP contribution in [0, 0.1) is 0 Å². The molecule has 0 unspecified atom stereocenters. The zero-order valence-corrected chi connectivity index (χ0v) is 38.4. The zero-order chi connectivity index (χ0) is 46.2. The lowest BCUT2D eigenvalue weighted by Gasteiger charge is -2.39. The Morgan fingerprint density at radius 2 is 0.743 bits per heavy atom. The van der Waals surface area contributed by atoms with E-state index in [1.54, 1.807) is 0 Å². The zero-order valence-electron chi connectivity index (χ0n) is 38.4. The van der Waals surface area contributed by atoms with Crippen molar-refractivity contribution in [3.05, 3.63) is 295 Å². The maximum Gasteiger partial charge on any atom is 0.0714 e. The van der Waals surface area contributed by atoms with Crippen molar-refractivity contribution in [2.45, 2.75) is 5.41 Å². The van der Waals surface area contributed by atoms with Gasteiger partial charge in [-0.3, -0.25) is 0 Å². The minimum absolute atomic E-state index is 0.562. The molecule has 14 rings (SSSR count). The Hall–Kier alpha value is -9.04. The Balaban J connectivity index is 1.13. The van der Waals surface area contributed by atoms with Crippen molar-refractivity contribution >= 4 is 38.6 Å². The Morgan fingerprint density at radius 1 is 0.271 bits per heavy atom. The van der Waals surface area contributed by atoms with Gasteiger partial charge in [0.1, 0.15) is 0 Å². The van der Waals surface area contributed by atoms with Gasteiger partial charge in [-0.15, -0.1) is 0 Å². The molecule has 2 aliphatic rings. The van der Waals surface area contributed by atoms with Crippen molar-refractivity contribution in [2.24, 2.45) is 0 Å². The normalized spacial score (nSPS) is 12.7. The molecule has 2 aliphatic carbocycles. The van der Waals surface area contributed by atoms with Gasteiger partial charge >= 0.3 is 0 Å². The lowest BCUT2D eigenvalue weighted by molar-refractivity contribution is 0.768. The predicted octanol–water partition coefficient (Wildman–Crippen LogP) is 18.5. The van der Waals surface area contributed by atoms with Gasteiger partial charge in [0.05, 0.1) is 16.8 Å². The molecule has 0 fully saturated rings. The molecule has 0 atom stereocenters. The summed E-state index contributed by atoms with van der Waals surface area (Å²) in [6, 6.07) is 101. The third-order valence-electron chi connectivity index (χ3n) is 15.0. The second kappa shape index (κ2) is 16.0. The molecule has 1 heteroatoms. The molecule has 70 heavy (non-hydrogen) atoms. The Morgan fingerprint density at radius 3 is 1.36 bits per heavy atom.